The predicted molar refractivity (Wildman–Crippen MR) is 73.5 cm³/mol. The quantitative estimate of drug-likeness (QED) is 0.915. The maximum absolute atomic E-state index is 12.3. The van der Waals surface area contributed by atoms with Gasteiger partial charge < -0.3 is 15.2 Å². The molecule has 2 rings (SSSR count). The second kappa shape index (κ2) is 5.75. The Kier molecular flexibility index (Phi) is 4.37. The van der Waals surface area contributed by atoms with E-state index in [2.05, 4.69) is 0 Å². The van der Waals surface area contributed by atoms with E-state index in [1.807, 2.05) is 13.0 Å². The summed E-state index contributed by atoms with van der Waals surface area (Å²) in [6, 6.07) is 5.07. The number of hydrogen-bond acceptors (Lipinski definition) is 3. The summed E-state index contributed by atoms with van der Waals surface area (Å²) in [5.74, 6) is 1.32. The van der Waals surface area contributed by atoms with Crippen molar-refractivity contribution in [2.45, 2.75) is 50.4 Å². The Labute approximate surface area is 122 Å². The number of benzene rings is 1. The van der Waals surface area contributed by atoms with Crippen LogP contribution < -0.4 is 15.2 Å². The molecule has 6 heteroatoms. The number of methoxy groups -OCH3 is 1. The van der Waals surface area contributed by atoms with Crippen molar-refractivity contribution in [3.05, 3.63) is 23.8 Å². The van der Waals surface area contributed by atoms with Crippen LogP contribution in [0, 0.1) is 0 Å². The van der Waals surface area contributed by atoms with Crippen molar-refractivity contribution in [3.63, 3.8) is 0 Å². The van der Waals surface area contributed by atoms with Gasteiger partial charge in [0.1, 0.15) is 17.1 Å². The zero-order chi connectivity index (χ0) is 15.7. The molecule has 0 aliphatic carbocycles. The first-order chi connectivity index (χ1) is 9.72. The lowest BCUT2D eigenvalue weighted by Crippen LogP contribution is -2.40. The van der Waals surface area contributed by atoms with Crippen LogP contribution in [0.4, 0.5) is 13.2 Å². The van der Waals surface area contributed by atoms with Gasteiger partial charge in [-0.15, -0.1) is 0 Å². The van der Waals surface area contributed by atoms with E-state index in [-0.39, 0.29) is 12.5 Å². The Hall–Kier alpha value is -1.43. The van der Waals surface area contributed by atoms with Crippen molar-refractivity contribution in [3.8, 4) is 11.5 Å². The summed E-state index contributed by atoms with van der Waals surface area (Å²) in [6.07, 6.45) is -4.07. The molecule has 1 heterocycles. The van der Waals surface area contributed by atoms with Crippen LogP contribution in [-0.4, -0.2) is 18.9 Å². The van der Waals surface area contributed by atoms with Gasteiger partial charge in [-0.1, -0.05) is 0 Å². The standard InChI is InChI=1S/C15H20F3NO2/c1-14(6-3-7-15(16,17)18)9-12(19)11-8-10(20-2)4-5-13(11)21-14/h4-5,8,12H,3,6-7,9,19H2,1-2H3. The first-order valence-electron chi connectivity index (χ1n) is 6.92. The van der Waals surface area contributed by atoms with E-state index < -0.39 is 18.2 Å². The van der Waals surface area contributed by atoms with E-state index >= 15 is 0 Å². The molecule has 2 atom stereocenters. The highest BCUT2D eigenvalue weighted by atomic mass is 19.4. The molecule has 0 bridgehead atoms. The van der Waals surface area contributed by atoms with Crippen molar-refractivity contribution in [1.29, 1.82) is 0 Å². The molecule has 118 valence electrons. The van der Waals surface area contributed by atoms with Crippen LogP contribution in [-0.2, 0) is 0 Å². The van der Waals surface area contributed by atoms with Gasteiger partial charge in [0, 0.05) is 24.4 Å². The smallest absolute Gasteiger partial charge is 0.389 e. The molecule has 0 saturated heterocycles. The highest BCUT2D eigenvalue weighted by molar-refractivity contribution is 5.44. The molecule has 2 N–H and O–H groups in total. The third-order valence-corrected chi connectivity index (χ3v) is 3.79. The molecule has 1 aromatic carbocycles. The van der Waals surface area contributed by atoms with E-state index in [1.165, 1.54) is 0 Å². The number of ether oxygens (including phenoxy) is 2. The molecule has 1 aliphatic heterocycles. The summed E-state index contributed by atoms with van der Waals surface area (Å²) in [5, 5.41) is 0. The average Bonchev–Trinajstić information content (AvgIpc) is 2.36. The van der Waals surface area contributed by atoms with Gasteiger partial charge in [0.2, 0.25) is 0 Å². The van der Waals surface area contributed by atoms with Crippen LogP contribution in [0.3, 0.4) is 0 Å². The summed E-state index contributed by atoms with van der Waals surface area (Å²) in [5.41, 5.74) is 6.32. The van der Waals surface area contributed by atoms with Gasteiger partial charge >= 0.3 is 6.18 Å². The van der Waals surface area contributed by atoms with Crippen LogP contribution in [0.5, 0.6) is 11.5 Å². The van der Waals surface area contributed by atoms with Gasteiger partial charge in [-0.05, 0) is 38.0 Å². The zero-order valence-electron chi connectivity index (χ0n) is 12.2. The molecule has 3 nitrogen and oxygen atoms in total. The second-order valence-corrected chi connectivity index (χ2v) is 5.74. The van der Waals surface area contributed by atoms with Crippen LogP contribution in [0.15, 0.2) is 18.2 Å². The fourth-order valence-corrected chi connectivity index (χ4v) is 2.73. The SMILES string of the molecule is COc1ccc2c(c1)C(N)CC(C)(CCCC(F)(F)F)O2. The Morgan fingerprint density at radius 2 is 2.14 bits per heavy atom. The van der Waals surface area contributed by atoms with E-state index in [9.17, 15) is 13.2 Å². The Bertz CT molecular complexity index is 504. The molecule has 21 heavy (non-hydrogen) atoms. The number of rotatable bonds is 4. The van der Waals surface area contributed by atoms with E-state index in [4.69, 9.17) is 15.2 Å². The van der Waals surface area contributed by atoms with Crippen LogP contribution in [0.1, 0.15) is 44.2 Å². The zero-order valence-corrected chi connectivity index (χ0v) is 12.2. The third kappa shape index (κ3) is 4.03. The van der Waals surface area contributed by atoms with Gasteiger partial charge in [0.15, 0.2) is 0 Å². The summed E-state index contributed by atoms with van der Waals surface area (Å²) in [4.78, 5) is 0. The number of nitrogens with two attached hydrogens (primary N) is 1. The predicted octanol–water partition coefficient (Wildman–Crippen LogP) is 3.97. The molecular weight excluding hydrogens is 283 g/mol. The highest BCUT2D eigenvalue weighted by Gasteiger charge is 2.37. The Morgan fingerprint density at radius 3 is 2.76 bits per heavy atom. The Balaban J connectivity index is 2.08. The van der Waals surface area contributed by atoms with Gasteiger partial charge in [0.05, 0.1) is 7.11 Å². The van der Waals surface area contributed by atoms with E-state index in [0.717, 1.165) is 5.56 Å². The summed E-state index contributed by atoms with van der Waals surface area (Å²) < 4.78 is 47.8. The van der Waals surface area contributed by atoms with Crippen molar-refractivity contribution in [2.24, 2.45) is 5.73 Å². The molecule has 0 fully saturated rings. The van der Waals surface area contributed by atoms with Crippen LogP contribution in [0.25, 0.3) is 0 Å². The molecule has 2 unspecified atom stereocenters. The minimum absolute atomic E-state index is 0.0399. The number of fused-ring (bicyclic) bond motifs is 1. The molecule has 0 radical (unpaired) electrons. The van der Waals surface area contributed by atoms with Crippen molar-refractivity contribution in [1.82, 2.24) is 0 Å². The molecule has 0 spiro atoms. The van der Waals surface area contributed by atoms with Crippen LogP contribution >= 0.6 is 0 Å². The topological polar surface area (TPSA) is 44.5 Å². The average molecular weight is 303 g/mol. The fraction of sp³-hybridized carbons (Fsp3) is 0.600. The Morgan fingerprint density at radius 1 is 1.43 bits per heavy atom. The molecule has 0 amide bonds. The second-order valence-electron chi connectivity index (χ2n) is 5.74. The van der Waals surface area contributed by atoms with Gasteiger partial charge in [-0.2, -0.15) is 13.2 Å². The fourth-order valence-electron chi connectivity index (χ4n) is 2.73. The van der Waals surface area contributed by atoms with E-state index in [0.29, 0.717) is 24.3 Å². The maximum Gasteiger partial charge on any atom is 0.389 e. The van der Waals surface area contributed by atoms with Crippen molar-refractivity contribution in [2.75, 3.05) is 7.11 Å². The van der Waals surface area contributed by atoms with Gasteiger partial charge in [-0.25, -0.2) is 0 Å². The minimum Gasteiger partial charge on any atom is -0.497 e. The molecule has 1 aromatic rings. The lowest BCUT2D eigenvalue weighted by Gasteiger charge is -2.39. The number of alkyl halides is 3. The highest BCUT2D eigenvalue weighted by Crippen LogP contribution is 2.42. The largest absolute Gasteiger partial charge is 0.497 e. The van der Waals surface area contributed by atoms with Crippen LogP contribution in [0.2, 0.25) is 0 Å². The number of hydrogen-bond donors (Lipinski definition) is 1. The summed E-state index contributed by atoms with van der Waals surface area (Å²) >= 11 is 0. The molecule has 1 aliphatic rings. The maximum atomic E-state index is 12.3. The lowest BCUT2D eigenvalue weighted by atomic mass is 9.85. The first kappa shape index (κ1) is 15.9. The van der Waals surface area contributed by atoms with E-state index in [1.54, 1.807) is 19.2 Å². The molecule has 0 saturated carbocycles. The normalized spacial score (nSPS) is 25.1. The summed E-state index contributed by atoms with van der Waals surface area (Å²) in [7, 11) is 1.57. The van der Waals surface area contributed by atoms with Gasteiger partial charge in [-0.3, -0.25) is 0 Å². The van der Waals surface area contributed by atoms with Gasteiger partial charge in [0.25, 0.3) is 0 Å². The molecular formula is C15H20F3NO2. The minimum atomic E-state index is -4.13. The molecule has 0 aromatic heterocycles. The summed E-state index contributed by atoms with van der Waals surface area (Å²) in [6.45, 7) is 1.82. The number of halogens is 3. The third-order valence-electron chi connectivity index (χ3n) is 3.79. The van der Waals surface area contributed by atoms with Crippen molar-refractivity contribution >= 4 is 0 Å². The lowest BCUT2D eigenvalue weighted by molar-refractivity contribution is -0.137. The monoisotopic (exact) mass is 303 g/mol. The first-order valence-corrected chi connectivity index (χ1v) is 6.92. The van der Waals surface area contributed by atoms with Crippen molar-refractivity contribution < 1.29 is 22.6 Å².